The first-order valence-corrected chi connectivity index (χ1v) is 7.94. The van der Waals surface area contributed by atoms with E-state index in [-0.39, 0.29) is 0 Å². The molecular weight excluding hydrogens is 232 g/mol. The maximum Gasteiger partial charge on any atom is 0.0233 e. The van der Waals surface area contributed by atoms with Crippen LogP contribution in [0, 0.1) is 0 Å². The third-order valence-electron chi connectivity index (χ3n) is 4.57. The second kappa shape index (κ2) is 6.53. The number of benzene rings is 1. The monoisotopic (exact) mass is 258 g/mol. The first-order valence-electron chi connectivity index (χ1n) is 7.94. The summed E-state index contributed by atoms with van der Waals surface area (Å²) in [6.07, 6.45) is 6.85. The summed E-state index contributed by atoms with van der Waals surface area (Å²) in [5.41, 5.74) is 3.05. The summed E-state index contributed by atoms with van der Waals surface area (Å²) in [5.74, 6) is 0.732. The predicted octanol–water partition coefficient (Wildman–Crippen LogP) is 3.14. The molecule has 0 spiro atoms. The molecule has 0 aromatic heterocycles. The Morgan fingerprint density at radius 1 is 1.11 bits per heavy atom. The zero-order valence-electron chi connectivity index (χ0n) is 11.9. The highest BCUT2D eigenvalue weighted by molar-refractivity contribution is 5.27. The van der Waals surface area contributed by atoms with E-state index in [1.807, 2.05) is 0 Å². The number of hydrogen-bond acceptors (Lipinski definition) is 2. The summed E-state index contributed by atoms with van der Waals surface area (Å²) >= 11 is 0. The lowest BCUT2D eigenvalue weighted by atomic mass is 9.90. The van der Waals surface area contributed by atoms with Gasteiger partial charge in [0.25, 0.3) is 0 Å². The van der Waals surface area contributed by atoms with Gasteiger partial charge >= 0.3 is 0 Å². The van der Waals surface area contributed by atoms with Gasteiger partial charge in [-0.05, 0) is 62.4 Å². The van der Waals surface area contributed by atoms with Crippen molar-refractivity contribution in [2.75, 3.05) is 26.2 Å². The van der Waals surface area contributed by atoms with Crippen LogP contribution < -0.4 is 5.32 Å². The standard InChI is InChI=1S/C17H26N2/c1-2-10-19(11-3-1)14-15-6-4-7-16(12-15)17-8-5-9-18-13-17/h4,6-7,12,17-18H,1-3,5,8-11,13-14H2. The fourth-order valence-electron chi connectivity index (χ4n) is 3.46. The van der Waals surface area contributed by atoms with E-state index in [0.717, 1.165) is 19.0 Å². The van der Waals surface area contributed by atoms with E-state index in [0.29, 0.717) is 0 Å². The van der Waals surface area contributed by atoms with Crippen LogP contribution in [0.4, 0.5) is 0 Å². The number of piperidine rings is 2. The van der Waals surface area contributed by atoms with Crippen molar-refractivity contribution in [2.24, 2.45) is 0 Å². The molecule has 104 valence electrons. The molecule has 1 aromatic rings. The normalized spacial score (nSPS) is 25.4. The molecule has 0 radical (unpaired) electrons. The molecule has 2 aliphatic rings. The Labute approximate surface area is 117 Å². The molecule has 1 aromatic carbocycles. The molecule has 1 N–H and O–H groups in total. The van der Waals surface area contributed by atoms with Gasteiger partial charge in [0.15, 0.2) is 0 Å². The topological polar surface area (TPSA) is 15.3 Å². The first kappa shape index (κ1) is 13.1. The Balaban J connectivity index is 1.64. The minimum Gasteiger partial charge on any atom is -0.316 e. The Morgan fingerprint density at radius 2 is 2.00 bits per heavy atom. The maximum atomic E-state index is 3.52. The van der Waals surface area contributed by atoms with Gasteiger partial charge < -0.3 is 5.32 Å². The fraction of sp³-hybridized carbons (Fsp3) is 0.647. The molecule has 2 heterocycles. The fourth-order valence-corrected chi connectivity index (χ4v) is 3.46. The molecule has 2 nitrogen and oxygen atoms in total. The van der Waals surface area contributed by atoms with Gasteiger partial charge in [-0.1, -0.05) is 30.7 Å². The van der Waals surface area contributed by atoms with E-state index in [9.17, 15) is 0 Å². The van der Waals surface area contributed by atoms with E-state index in [2.05, 4.69) is 34.5 Å². The minimum atomic E-state index is 0.732. The van der Waals surface area contributed by atoms with Gasteiger partial charge in [0, 0.05) is 13.1 Å². The highest BCUT2D eigenvalue weighted by atomic mass is 15.1. The first-order chi connectivity index (χ1) is 9.42. The van der Waals surface area contributed by atoms with E-state index in [1.165, 1.54) is 57.3 Å². The third-order valence-corrected chi connectivity index (χ3v) is 4.57. The summed E-state index contributed by atoms with van der Waals surface area (Å²) in [7, 11) is 0. The van der Waals surface area contributed by atoms with Gasteiger partial charge in [-0.3, -0.25) is 4.90 Å². The lowest BCUT2D eigenvalue weighted by molar-refractivity contribution is 0.221. The van der Waals surface area contributed by atoms with Crippen LogP contribution in [-0.4, -0.2) is 31.1 Å². The van der Waals surface area contributed by atoms with Crippen molar-refractivity contribution in [2.45, 2.75) is 44.6 Å². The molecule has 2 fully saturated rings. The Morgan fingerprint density at radius 3 is 2.79 bits per heavy atom. The summed E-state index contributed by atoms with van der Waals surface area (Å²) < 4.78 is 0. The van der Waals surface area contributed by atoms with Crippen LogP contribution in [-0.2, 0) is 6.54 Å². The van der Waals surface area contributed by atoms with Gasteiger partial charge in [0.1, 0.15) is 0 Å². The zero-order chi connectivity index (χ0) is 12.9. The average Bonchev–Trinajstić information content (AvgIpc) is 2.49. The van der Waals surface area contributed by atoms with Crippen LogP contribution in [0.3, 0.4) is 0 Å². The molecule has 3 rings (SSSR count). The molecule has 0 amide bonds. The largest absolute Gasteiger partial charge is 0.316 e. The molecule has 2 saturated heterocycles. The molecule has 2 aliphatic heterocycles. The van der Waals surface area contributed by atoms with E-state index < -0.39 is 0 Å². The van der Waals surface area contributed by atoms with Crippen LogP contribution in [0.1, 0.15) is 49.1 Å². The Kier molecular flexibility index (Phi) is 4.52. The van der Waals surface area contributed by atoms with Crippen molar-refractivity contribution in [3.8, 4) is 0 Å². The van der Waals surface area contributed by atoms with E-state index >= 15 is 0 Å². The summed E-state index contributed by atoms with van der Waals surface area (Å²) in [5, 5.41) is 3.52. The molecule has 19 heavy (non-hydrogen) atoms. The van der Waals surface area contributed by atoms with E-state index in [1.54, 1.807) is 5.56 Å². The smallest absolute Gasteiger partial charge is 0.0233 e. The number of likely N-dealkylation sites (tertiary alicyclic amines) is 1. The number of nitrogens with zero attached hydrogens (tertiary/aromatic N) is 1. The van der Waals surface area contributed by atoms with E-state index in [4.69, 9.17) is 0 Å². The molecule has 1 atom stereocenters. The SMILES string of the molecule is c1cc(CN2CCCCC2)cc(C2CCCNC2)c1. The number of hydrogen-bond donors (Lipinski definition) is 1. The molecule has 2 heteroatoms. The minimum absolute atomic E-state index is 0.732. The predicted molar refractivity (Wildman–Crippen MR) is 80.4 cm³/mol. The maximum absolute atomic E-state index is 3.52. The van der Waals surface area contributed by atoms with Crippen molar-refractivity contribution in [1.29, 1.82) is 0 Å². The molecule has 0 aliphatic carbocycles. The van der Waals surface area contributed by atoms with Gasteiger partial charge in [0.05, 0.1) is 0 Å². The highest BCUT2D eigenvalue weighted by Crippen LogP contribution is 2.24. The molecule has 0 saturated carbocycles. The summed E-state index contributed by atoms with van der Waals surface area (Å²) in [6.45, 7) is 6.08. The Bertz CT molecular complexity index is 390. The summed E-state index contributed by atoms with van der Waals surface area (Å²) in [6, 6.07) is 9.32. The Hall–Kier alpha value is -0.860. The van der Waals surface area contributed by atoms with Gasteiger partial charge in [-0.15, -0.1) is 0 Å². The number of nitrogens with one attached hydrogen (secondary N) is 1. The number of rotatable bonds is 3. The molecule has 0 bridgehead atoms. The molecular formula is C17H26N2. The van der Waals surface area contributed by atoms with Crippen LogP contribution in [0.25, 0.3) is 0 Å². The van der Waals surface area contributed by atoms with Gasteiger partial charge in [0.2, 0.25) is 0 Å². The van der Waals surface area contributed by atoms with Crippen molar-refractivity contribution in [3.63, 3.8) is 0 Å². The summed E-state index contributed by atoms with van der Waals surface area (Å²) in [4.78, 5) is 2.61. The van der Waals surface area contributed by atoms with Crippen LogP contribution in [0.5, 0.6) is 0 Å². The van der Waals surface area contributed by atoms with Crippen molar-refractivity contribution in [1.82, 2.24) is 10.2 Å². The van der Waals surface area contributed by atoms with Crippen LogP contribution >= 0.6 is 0 Å². The van der Waals surface area contributed by atoms with Crippen molar-refractivity contribution < 1.29 is 0 Å². The second-order valence-corrected chi connectivity index (χ2v) is 6.13. The average molecular weight is 258 g/mol. The molecule has 1 unspecified atom stereocenters. The quantitative estimate of drug-likeness (QED) is 0.896. The lowest BCUT2D eigenvalue weighted by Gasteiger charge is -2.27. The lowest BCUT2D eigenvalue weighted by Crippen LogP contribution is -2.29. The zero-order valence-corrected chi connectivity index (χ0v) is 11.9. The van der Waals surface area contributed by atoms with Crippen molar-refractivity contribution in [3.05, 3.63) is 35.4 Å². The second-order valence-electron chi connectivity index (χ2n) is 6.13. The third kappa shape index (κ3) is 3.58. The van der Waals surface area contributed by atoms with Crippen LogP contribution in [0.2, 0.25) is 0 Å². The highest BCUT2D eigenvalue weighted by Gasteiger charge is 2.16. The van der Waals surface area contributed by atoms with Gasteiger partial charge in [-0.25, -0.2) is 0 Å². The van der Waals surface area contributed by atoms with Gasteiger partial charge in [-0.2, -0.15) is 0 Å². The van der Waals surface area contributed by atoms with Crippen LogP contribution in [0.15, 0.2) is 24.3 Å². The van der Waals surface area contributed by atoms with Crippen molar-refractivity contribution >= 4 is 0 Å².